The molecule has 1 fully saturated rings. The summed E-state index contributed by atoms with van der Waals surface area (Å²) in [5.74, 6) is 1.91. The Bertz CT molecular complexity index is 787. The third-order valence-corrected chi connectivity index (χ3v) is 4.70. The summed E-state index contributed by atoms with van der Waals surface area (Å²) in [6.45, 7) is 4.04. The molecule has 0 bridgehead atoms. The van der Waals surface area contributed by atoms with E-state index in [2.05, 4.69) is 31.2 Å². The Labute approximate surface area is 171 Å². The van der Waals surface area contributed by atoms with Crippen molar-refractivity contribution >= 4 is 46.9 Å². The molecule has 8 heteroatoms. The summed E-state index contributed by atoms with van der Waals surface area (Å²) in [5, 5.41) is 6.73. The summed E-state index contributed by atoms with van der Waals surface area (Å²) >= 11 is 0. The number of halogens is 1. The van der Waals surface area contributed by atoms with Gasteiger partial charge in [-0.25, -0.2) is 4.98 Å². The highest BCUT2D eigenvalue weighted by atomic mass is 127. The van der Waals surface area contributed by atoms with Crippen LogP contribution >= 0.6 is 24.0 Å². The van der Waals surface area contributed by atoms with Crippen molar-refractivity contribution in [3.05, 3.63) is 30.1 Å². The summed E-state index contributed by atoms with van der Waals surface area (Å²) in [4.78, 5) is 22.7. The van der Waals surface area contributed by atoms with E-state index in [-0.39, 0.29) is 35.9 Å². The van der Waals surface area contributed by atoms with Crippen molar-refractivity contribution in [1.82, 2.24) is 25.1 Å². The van der Waals surface area contributed by atoms with Crippen molar-refractivity contribution in [1.29, 1.82) is 0 Å². The number of hydrogen-bond acceptors (Lipinski definition) is 3. The second-order valence-corrected chi connectivity index (χ2v) is 6.32. The summed E-state index contributed by atoms with van der Waals surface area (Å²) < 4.78 is 2.09. The minimum Gasteiger partial charge on any atom is -0.352 e. The minimum atomic E-state index is 0. The number of likely N-dealkylation sites (tertiary alicyclic amines) is 1. The second-order valence-electron chi connectivity index (χ2n) is 6.32. The van der Waals surface area contributed by atoms with Gasteiger partial charge in [-0.1, -0.05) is 19.1 Å². The minimum absolute atomic E-state index is 0. The smallest absolute Gasteiger partial charge is 0.222 e. The fourth-order valence-electron chi connectivity index (χ4n) is 3.23. The Morgan fingerprint density at radius 3 is 2.85 bits per heavy atom. The number of para-hydroxylation sites is 2. The lowest BCUT2D eigenvalue weighted by atomic mass is 10.3. The number of nitrogens with one attached hydrogen (secondary N) is 2. The number of guanidine groups is 1. The molecule has 1 saturated heterocycles. The number of hydrogen-bond donors (Lipinski definition) is 2. The Hall–Kier alpha value is -1.84. The molecule has 142 valence electrons. The summed E-state index contributed by atoms with van der Waals surface area (Å²) in [5.41, 5.74) is 2.11. The van der Waals surface area contributed by atoms with Crippen LogP contribution < -0.4 is 10.6 Å². The topological polar surface area (TPSA) is 74.6 Å². The van der Waals surface area contributed by atoms with Gasteiger partial charge < -0.3 is 20.1 Å². The molecule has 26 heavy (non-hydrogen) atoms. The molecule has 1 aromatic carbocycles. The van der Waals surface area contributed by atoms with E-state index in [1.807, 2.05) is 37.1 Å². The van der Waals surface area contributed by atoms with E-state index >= 15 is 0 Å². The van der Waals surface area contributed by atoms with Gasteiger partial charge in [0.25, 0.3) is 0 Å². The lowest BCUT2D eigenvalue weighted by Crippen LogP contribution is -2.44. The number of rotatable bonds is 4. The molecule has 1 aromatic heterocycles. The van der Waals surface area contributed by atoms with Gasteiger partial charge in [0.1, 0.15) is 5.82 Å². The first kappa shape index (κ1) is 20.5. The van der Waals surface area contributed by atoms with Gasteiger partial charge in [-0.2, -0.15) is 0 Å². The predicted octanol–water partition coefficient (Wildman–Crippen LogP) is 1.87. The zero-order valence-corrected chi connectivity index (χ0v) is 17.9. The van der Waals surface area contributed by atoms with E-state index in [9.17, 15) is 4.79 Å². The maximum absolute atomic E-state index is 11.8. The molecule has 1 aliphatic heterocycles. The number of aromatic nitrogens is 2. The highest BCUT2D eigenvalue weighted by Gasteiger charge is 2.25. The maximum atomic E-state index is 11.8. The molecular weight excluding hydrogens is 443 g/mol. The highest BCUT2D eigenvalue weighted by Crippen LogP contribution is 2.14. The van der Waals surface area contributed by atoms with E-state index < -0.39 is 0 Å². The van der Waals surface area contributed by atoms with Gasteiger partial charge in [0, 0.05) is 39.6 Å². The van der Waals surface area contributed by atoms with Crippen LogP contribution in [-0.4, -0.2) is 52.5 Å². The number of amides is 1. The molecule has 3 rings (SSSR count). The summed E-state index contributed by atoms with van der Waals surface area (Å²) in [6, 6.07) is 8.34. The van der Waals surface area contributed by atoms with Crippen LogP contribution in [0.3, 0.4) is 0 Å². The Kier molecular flexibility index (Phi) is 7.24. The van der Waals surface area contributed by atoms with E-state index in [1.54, 1.807) is 7.05 Å². The number of fused-ring (bicyclic) bond motifs is 1. The predicted molar refractivity (Wildman–Crippen MR) is 115 cm³/mol. The number of imidazole rings is 1. The first-order chi connectivity index (χ1) is 12.1. The highest BCUT2D eigenvalue weighted by molar-refractivity contribution is 14.0. The zero-order chi connectivity index (χ0) is 17.8. The summed E-state index contributed by atoms with van der Waals surface area (Å²) in [7, 11) is 3.78. The van der Waals surface area contributed by atoms with Crippen LogP contribution in [-0.2, 0) is 18.4 Å². The van der Waals surface area contributed by atoms with Gasteiger partial charge in [0.2, 0.25) is 5.91 Å². The molecule has 0 aliphatic carbocycles. The molecule has 2 aromatic rings. The van der Waals surface area contributed by atoms with Gasteiger partial charge >= 0.3 is 0 Å². The monoisotopic (exact) mass is 470 g/mol. The lowest BCUT2D eigenvalue weighted by Gasteiger charge is -2.18. The molecular formula is C18H27IN6O. The number of aryl methyl sites for hydroxylation is 1. The van der Waals surface area contributed by atoms with Crippen molar-refractivity contribution in [2.75, 3.05) is 20.1 Å². The Morgan fingerprint density at radius 1 is 1.38 bits per heavy atom. The van der Waals surface area contributed by atoms with E-state index in [0.29, 0.717) is 13.0 Å². The van der Waals surface area contributed by atoms with E-state index in [4.69, 9.17) is 0 Å². The molecule has 0 radical (unpaired) electrons. The van der Waals surface area contributed by atoms with Crippen molar-refractivity contribution in [3.63, 3.8) is 0 Å². The van der Waals surface area contributed by atoms with Crippen molar-refractivity contribution in [2.45, 2.75) is 32.4 Å². The third kappa shape index (κ3) is 4.46. The largest absolute Gasteiger partial charge is 0.352 e. The van der Waals surface area contributed by atoms with Crippen LogP contribution in [0.5, 0.6) is 0 Å². The van der Waals surface area contributed by atoms with Crippen LogP contribution in [0.1, 0.15) is 25.6 Å². The van der Waals surface area contributed by atoms with Crippen LogP contribution in [0.15, 0.2) is 29.3 Å². The van der Waals surface area contributed by atoms with E-state index in [0.717, 1.165) is 42.3 Å². The molecule has 1 amide bonds. The molecule has 1 unspecified atom stereocenters. The number of aliphatic imine (C=N–C) groups is 1. The van der Waals surface area contributed by atoms with Crippen molar-refractivity contribution in [2.24, 2.45) is 12.0 Å². The van der Waals surface area contributed by atoms with Gasteiger partial charge in [-0.15, -0.1) is 24.0 Å². The van der Waals surface area contributed by atoms with Crippen molar-refractivity contribution < 1.29 is 4.79 Å². The second kappa shape index (κ2) is 9.20. The zero-order valence-electron chi connectivity index (χ0n) is 15.5. The average Bonchev–Trinajstić information content (AvgIpc) is 3.23. The SMILES string of the molecule is CCC(=O)N1CCC(NC(=NC)NCc2nc3ccccc3n2C)C1.I. The average molecular weight is 470 g/mol. The number of benzene rings is 1. The molecule has 2 heterocycles. The normalized spacial score (nSPS) is 17.3. The Morgan fingerprint density at radius 2 is 2.15 bits per heavy atom. The number of nitrogens with zero attached hydrogens (tertiary/aromatic N) is 4. The number of carbonyl (C=O) groups is 1. The van der Waals surface area contributed by atoms with Gasteiger partial charge in [-0.3, -0.25) is 9.79 Å². The Balaban J connectivity index is 0.00000243. The van der Waals surface area contributed by atoms with Crippen LogP contribution in [0.4, 0.5) is 0 Å². The van der Waals surface area contributed by atoms with Crippen LogP contribution in [0, 0.1) is 0 Å². The molecule has 7 nitrogen and oxygen atoms in total. The van der Waals surface area contributed by atoms with Gasteiger partial charge in [-0.05, 0) is 18.6 Å². The first-order valence-corrected chi connectivity index (χ1v) is 8.77. The molecule has 2 N–H and O–H groups in total. The standard InChI is InChI=1S/C18H26N6O.HI/c1-4-17(25)24-10-9-13(12-24)21-18(19-2)20-11-16-22-14-7-5-6-8-15(14)23(16)3;/h5-8,13H,4,9-12H2,1-3H3,(H2,19,20,21);1H. The molecule has 1 aliphatic rings. The van der Waals surface area contributed by atoms with Crippen molar-refractivity contribution in [3.8, 4) is 0 Å². The van der Waals surface area contributed by atoms with Gasteiger partial charge in [0.05, 0.1) is 17.6 Å². The third-order valence-electron chi connectivity index (χ3n) is 4.70. The fraction of sp³-hybridized carbons (Fsp3) is 0.500. The van der Waals surface area contributed by atoms with Crippen LogP contribution in [0.25, 0.3) is 11.0 Å². The molecule has 1 atom stereocenters. The molecule has 0 spiro atoms. The van der Waals surface area contributed by atoms with Gasteiger partial charge in [0.15, 0.2) is 5.96 Å². The lowest BCUT2D eigenvalue weighted by molar-refractivity contribution is -0.129. The number of carbonyl (C=O) groups excluding carboxylic acids is 1. The maximum Gasteiger partial charge on any atom is 0.222 e. The summed E-state index contributed by atoms with van der Waals surface area (Å²) in [6.07, 6.45) is 1.51. The fourth-order valence-corrected chi connectivity index (χ4v) is 3.23. The van der Waals surface area contributed by atoms with E-state index in [1.165, 1.54) is 0 Å². The quantitative estimate of drug-likeness (QED) is 0.407. The first-order valence-electron chi connectivity index (χ1n) is 8.77. The van der Waals surface area contributed by atoms with Crippen LogP contribution in [0.2, 0.25) is 0 Å². The molecule has 0 saturated carbocycles.